The molecule has 0 saturated heterocycles. The summed E-state index contributed by atoms with van der Waals surface area (Å²) >= 11 is 0. The summed E-state index contributed by atoms with van der Waals surface area (Å²) in [4.78, 5) is 18.5. The molecule has 1 unspecified atom stereocenters. The van der Waals surface area contributed by atoms with E-state index in [2.05, 4.69) is 54.0 Å². The van der Waals surface area contributed by atoms with Crippen molar-refractivity contribution in [2.75, 3.05) is 0 Å². The Morgan fingerprint density at radius 2 is 1.38 bits per heavy atom. The van der Waals surface area contributed by atoms with E-state index in [1.807, 2.05) is 78.9 Å². The third-order valence-corrected chi connectivity index (χ3v) is 6.34. The second kappa shape index (κ2) is 9.46. The molecule has 0 aliphatic carbocycles. The molecule has 2 N–H and O–H groups in total. The van der Waals surface area contributed by atoms with Crippen LogP contribution in [-0.4, -0.2) is 11.7 Å². The Morgan fingerprint density at radius 3 is 2.00 bits per heavy atom. The Morgan fingerprint density at radius 1 is 0.794 bits per heavy atom. The Balaban J connectivity index is 1.46. The zero-order valence-electron chi connectivity index (χ0n) is 19.1. The number of hydrogen-bond acceptors (Lipinski definition) is 3. The summed E-state index contributed by atoms with van der Waals surface area (Å²) in [6.45, 7) is 2.88. The first-order valence-corrected chi connectivity index (χ1v) is 11.6. The van der Waals surface area contributed by atoms with Gasteiger partial charge in [0.1, 0.15) is 5.84 Å². The molecule has 4 heteroatoms. The van der Waals surface area contributed by atoms with Gasteiger partial charge in [-0.15, -0.1) is 0 Å². The molecule has 1 heterocycles. The molecule has 168 valence electrons. The van der Waals surface area contributed by atoms with Crippen LogP contribution in [0.25, 0.3) is 0 Å². The van der Waals surface area contributed by atoms with Crippen LogP contribution in [-0.2, 0) is 16.9 Å². The minimum Gasteiger partial charge on any atom is -0.308 e. The van der Waals surface area contributed by atoms with Crippen LogP contribution in [0.5, 0.6) is 0 Å². The molecule has 0 bridgehead atoms. The van der Waals surface area contributed by atoms with Crippen LogP contribution in [0.4, 0.5) is 0 Å². The van der Waals surface area contributed by atoms with E-state index in [0.29, 0.717) is 12.4 Å². The molecular weight excluding hydrogens is 418 g/mol. The number of rotatable bonds is 7. The van der Waals surface area contributed by atoms with E-state index in [1.54, 1.807) is 0 Å². The molecule has 0 aromatic heterocycles. The van der Waals surface area contributed by atoms with E-state index < -0.39 is 5.54 Å². The highest BCUT2D eigenvalue weighted by Gasteiger charge is 2.46. The highest BCUT2D eigenvalue weighted by molar-refractivity contribution is 6.16. The lowest BCUT2D eigenvalue weighted by molar-refractivity contribution is -0.122. The number of amidine groups is 1. The molecule has 0 saturated carbocycles. The number of carbonyl (C=O) groups excluding carboxylic acids is 1. The van der Waals surface area contributed by atoms with E-state index in [9.17, 15) is 4.79 Å². The van der Waals surface area contributed by atoms with Crippen LogP contribution >= 0.6 is 0 Å². The van der Waals surface area contributed by atoms with Crippen molar-refractivity contribution in [1.82, 2.24) is 10.6 Å². The number of aliphatic imine (C=N–C) groups is 1. The highest BCUT2D eigenvalue weighted by atomic mass is 16.2. The van der Waals surface area contributed by atoms with Crippen LogP contribution in [0.15, 0.2) is 120 Å². The molecule has 0 fully saturated rings. The van der Waals surface area contributed by atoms with E-state index in [0.717, 1.165) is 22.3 Å². The first-order valence-electron chi connectivity index (χ1n) is 11.6. The molecule has 1 aliphatic rings. The quantitative estimate of drug-likeness (QED) is 0.403. The van der Waals surface area contributed by atoms with Crippen LogP contribution in [0.3, 0.4) is 0 Å². The van der Waals surface area contributed by atoms with Gasteiger partial charge in [0.15, 0.2) is 5.54 Å². The topological polar surface area (TPSA) is 53.5 Å². The number of hydrogen-bond donors (Lipinski definition) is 2. The predicted octanol–water partition coefficient (Wildman–Crippen LogP) is 5.36. The fourth-order valence-electron chi connectivity index (χ4n) is 4.46. The largest absolute Gasteiger partial charge is 0.308 e. The molecule has 0 spiro atoms. The molecule has 4 nitrogen and oxygen atoms in total. The van der Waals surface area contributed by atoms with Crippen LogP contribution in [0, 0.1) is 0 Å². The van der Waals surface area contributed by atoms with E-state index >= 15 is 0 Å². The van der Waals surface area contributed by atoms with Crippen molar-refractivity contribution in [3.63, 3.8) is 0 Å². The van der Waals surface area contributed by atoms with Crippen molar-refractivity contribution in [3.05, 3.63) is 143 Å². The number of carbonyl (C=O) groups is 1. The Hall–Kier alpha value is -4.02. The van der Waals surface area contributed by atoms with Crippen LogP contribution in [0.2, 0.25) is 0 Å². The number of nitrogens with one attached hydrogen (secondary N) is 2. The summed E-state index contributed by atoms with van der Waals surface area (Å²) in [6, 6.07) is 38.4. The van der Waals surface area contributed by atoms with Gasteiger partial charge in [0.05, 0.1) is 0 Å². The van der Waals surface area contributed by atoms with Crippen LogP contribution < -0.4 is 10.6 Å². The third kappa shape index (κ3) is 4.16. The van der Waals surface area contributed by atoms with Gasteiger partial charge in [0.2, 0.25) is 0 Å². The van der Waals surface area contributed by atoms with Gasteiger partial charge >= 0.3 is 0 Å². The van der Waals surface area contributed by atoms with Crippen molar-refractivity contribution in [2.45, 2.75) is 25.0 Å². The average Bonchev–Trinajstić information content (AvgIpc) is 3.27. The summed E-state index contributed by atoms with van der Waals surface area (Å²) in [5, 5.41) is 6.65. The van der Waals surface area contributed by atoms with Gasteiger partial charge in [-0.05, 0) is 35.2 Å². The maximum atomic E-state index is 13.5. The zero-order chi connectivity index (χ0) is 23.4. The lowest BCUT2D eigenvalue weighted by atomic mass is 9.83. The Labute approximate surface area is 200 Å². The molecular formula is C30H27N3O. The summed E-state index contributed by atoms with van der Waals surface area (Å²) in [7, 11) is 0. The van der Waals surface area contributed by atoms with E-state index in [-0.39, 0.29) is 11.9 Å². The smallest absolute Gasteiger partial charge is 0.262 e. The first kappa shape index (κ1) is 21.8. The van der Waals surface area contributed by atoms with Crippen molar-refractivity contribution in [2.24, 2.45) is 4.99 Å². The normalized spacial score (nSPS) is 15.4. The minimum atomic E-state index is -1.10. The van der Waals surface area contributed by atoms with E-state index in [1.165, 1.54) is 5.56 Å². The fourth-order valence-corrected chi connectivity index (χ4v) is 4.46. The molecule has 0 radical (unpaired) electrons. The predicted molar refractivity (Wildman–Crippen MR) is 136 cm³/mol. The van der Waals surface area contributed by atoms with Gasteiger partial charge in [-0.25, -0.2) is 4.99 Å². The monoisotopic (exact) mass is 445 g/mol. The lowest BCUT2D eigenvalue weighted by Crippen LogP contribution is -2.38. The second-order valence-electron chi connectivity index (χ2n) is 8.57. The standard InChI is InChI=1S/C30H27N3O/c1-22(24-13-5-2-6-14-24)31-21-23-12-11-15-25(20-23)28-32-29(34)30(33-28,26-16-7-3-8-17-26)27-18-9-4-10-19-27/h2-20,22,31H,21H2,1H3,(H,32,33,34). The molecule has 1 atom stereocenters. The summed E-state index contributed by atoms with van der Waals surface area (Å²) in [6.07, 6.45) is 0. The second-order valence-corrected chi connectivity index (χ2v) is 8.57. The molecule has 1 aliphatic heterocycles. The average molecular weight is 446 g/mol. The maximum Gasteiger partial charge on any atom is 0.262 e. The molecule has 4 aromatic rings. The van der Waals surface area contributed by atoms with Gasteiger partial charge in [-0.3, -0.25) is 4.79 Å². The van der Waals surface area contributed by atoms with Crippen molar-refractivity contribution >= 4 is 11.7 Å². The van der Waals surface area contributed by atoms with Crippen molar-refractivity contribution < 1.29 is 4.79 Å². The molecule has 4 aromatic carbocycles. The van der Waals surface area contributed by atoms with E-state index in [4.69, 9.17) is 4.99 Å². The van der Waals surface area contributed by atoms with Gasteiger partial charge in [0.25, 0.3) is 5.91 Å². The maximum absolute atomic E-state index is 13.5. The van der Waals surface area contributed by atoms with Gasteiger partial charge in [-0.2, -0.15) is 0 Å². The highest BCUT2D eigenvalue weighted by Crippen LogP contribution is 2.37. The number of amides is 1. The Kier molecular flexibility index (Phi) is 6.07. The fraction of sp³-hybridized carbons (Fsp3) is 0.133. The SMILES string of the molecule is CC(NCc1cccc(C2=NC(c3ccccc3)(c3ccccc3)C(=O)N2)c1)c1ccccc1. The Bertz CT molecular complexity index is 1260. The summed E-state index contributed by atoms with van der Waals surface area (Å²) in [5.74, 6) is 0.455. The number of benzene rings is 4. The molecule has 1 amide bonds. The van der Waals surface area contributed by atoms with Gasteiger partial charge in [-0.1, -0.05) is 109 Å². The van der Waals surface area contributed by atoms with Gasteiger partial charge in [0, 0.05) is 18.2 Å². The molecule has 5 rings (SSSR count). The zero-order valence-corrected chi connectivity index (χ0v) is 19.1. The number of nitrogens with zero attached hydrogens (tertiary/aromatic N) is 1. The van der Waals surface area contributed by atoms with Crippen molar-refractivity contribution in [1.29, 1.82) is 0 Å². The van der Waals surface area contributed by atoms with Crippen molar-refractivity contribution in [3.8, 4) is 0 Å². The van der Waals surface area contributed by atoms with Gasteiger partial charge < -0.3 is 10.6 Å². The third-order valence-electron chi connectivity index (χ3n) is 6.34. The minimum absolute atomic E-state index is 0.138. The lowest BCUT2D eigenvalue weighted by Gasteiger charge is -2.24. The molecule has 34 heavy (non-hydrogen) atoms. The van der Waals surface area contributed by atoms with Crippen LogP contribution in [0.1, 0.15) is 40.8 Å². The first-order chi connectivity index (χ1) is 16.7. The summed E-state index contributed by atoms with van der Waals surface area (Å²) in [5.41, 5.74) is 3.88. The summed E-state index contributed by atoms with van der Waals surface area (Å²) < 4.78 is 0.